The van der Waals surface area contributed by atoms with Gasteiger partial charge in [0.05, 0.1) is 16.6 Å². The minimum absolute atomic E-state index is 0. The number of rotatable bonds is 4. The number of hydrogen-bond donors (Lipinski definition) is 0. The van der Waals surface area contributed by atoms with Crippen molar-refractivity contribution in [3.05, 3.63) is 79.6 Å². The van der Waals surface area contributed by atoms with Crippen molar-refractivity contribution >= 4 is 50.2 Å². The first-order chi connectivity index (χ1) is 13.6. The van der Waals surface area contributed by atoms with Gasteiger partial charge < -0.3 is 16.8 Å². The summed E-state index contributed by atoms with van der Waals surface area (Å²) in [5.41, 5.74) is 4.07. The Bertz CT molecular complexity index is 1110. The van der Waals surface area contributed by atoms with E-state index in [1.807, 2.05) is 36.5 Å². The van der Waals surface area contributed by atoms with E-state index in [0.717, 1.165) is 46.3 Å². The molecule has 2 heterocycles. The molecule has 0 amide bonds. The van der Waals surface area contributed by atoms with Gasteiger partial charge in [-0.1, -0.05) is 30.3 Å². The number of pyridine rings is 1. The molecule has 29 heavy (non-hydrogen) atoms. The van der Waals surface area contributed by atoms with Crippen LogP contribution in [0.2, 0.25) is 0 Å². The van der Waals surface area contributed by atoms with E-state index in [2.05, 4.69) is 38.7 Å². The molecule has 2 aromatic heterocycles. The molecule has 0 bridgehead atoms. The van der Waals surface area contributed by atoms with Crippen LogP contribution < -0.4 is 0 Å². The van der Waals surface area contributed by atoms with Crippen molar-refractivity contribution in [1.82, 2.24) is 14.5 Å². The van der Waals surface area contributed by atoms with Gasteiger partial charge in [0.2, 0.25) is 6.54 Å². The number of benzene rings is 2. The molecule has 0 aliphatic rings. The van der Waals surface area contributed by atoms with Gasteiger partial charge in [-0.15, -0.1) is 0 Å². The number of para-hydroxylation sites is 3. The standard InChI is InChI=1S/C20H16N4.CH3.3ClH.Pt/c1-21-12-6-14-24-18-11-3-2-10-17(18)23-20(24)16-9-4-7-15-8-5-13-22-19(15)16;;;;;/h2-5,7-11,13H,6,12,14H2;1H3;3*1H;/q;-1;;;;+3/p-3. The Morgan fingerprint density at radius 2 is 1.72 bits per heavy atom. The van der Waals surface area contributed by atoms with Crippen molar-refractivity contribution in [1.29, 1.82) is 0 Å². The Morgan fingerprint density at radius 3 is 2.48 bits per heavy atom. The van der Waals surface area contributed by atoms with Crippen LogP contribution in [0.1, 0.15) is 6.42 Å². The summed E-state index contributed by atoms with van der Waals surface area (Å²) >= 11 is -1.85. The number of halogens is 3. The zero-order valence-electron chi connectivity index (χ0n) is 15.6. The van der Waals surface area contributed by atoms with Crippen molar-refractivity contribution in [2.24, 2.45) is 0 Å². The van der Waals surface area contributed by atoms with E-state index in [0.29, 0.717) is 6.54 Å². The summed E-state index contributed by atoms with van der Waals surface area (Å²) < 4.78 is 2.21. The minimum atomic E-state index is -1.85. The number of aryl methyl sites for hydroxylation is 1. The second-order valence-corrected chi connectivity index (χ2v) is 15.7. The first-order valence-corrected chi connectivity index (χ1v) is 16.8. The molecular formula is C21H19Cl3N4Pt-. The molecule has 0 aliphatic heterocycles. The van der Waals surface area contributed by atoms with Crippen molar-refractivity contribution in [2.45, 2.75) is 13.0 Å². The molecule has 2 aromatic carbocycles. The van der Waals surface area contributed by atoms with E-state index < -0.39 is 14.2 Å². The zero-order chi connectivity index (χ0) is 19.9. The van der Waals surface area contributed by atoms with Gasteiger partial charge in [-0.3, -0.25) is 4.98 Å². The molecule has 4 rings (SSSR count). The molecule has 0 spiro atoms. The Morgan fingerprint density at radius 1 is 1.00 bits per heavy atom. The molecule has 0 atom stereocenters. The number of hydrogen-bond acceptors (Lipinski definition) is 2. The predicted molar refractivity (Wildman–Crippen MR) is 121 cm³/mol. The maximum absolute atomic E-state index is 7.01. The molecule has 4 aromatic rings. The Kier molecular flexibility index (Phi) is 9.40. The van der Waals surface area contributed by atoms with Crippen LogP contribution in [0.15, 0.2) is 60.8 Å². The van der Waals surface area contributed by atoms with Crippen LogP contribution in [-0.2, 0) is 20.7 Å². The van der Waals surface area contributed by atoms with Crippen molar-refractivity contribution in [3.63, 3.8) is 0 Å². The molecule has 0 fully saturated rings. The van der Waals surface area contributed by atoms with Gasteiger partial charge in [0.1, 0.15) is 5.82 Å². The van der Waals surface area contributed by atoms with Crippen LogP contribution in [0.25, 0.3) is 38.2 Å². The van der Waals surface area contributed by atoms with E-state index in [4.69, 9.17) is 39.8 Å². The van der Waals surface area contributed by atoms with Crippen LogP contribution in [0.4, 0.5) is 0 Å². The average molecular weight is 629 g/mol. The van der Waals surface area contributed by atoms with Crippen LogP contribution >= 0.6 is 28.3 Å². The van der Waals surface area contributed by atoms with Gasteiger partial charge in [0.15, 0.2) is 0 Å². The predicted octanol–water partition coefficient (Wildman–Crippen LogP) is 7.08. The molecule has 8 heteroatoms. The number of aromatic nitrogens is 3. The zero-order valence-corrected chi connectivity index (χ0v) is 20.2. The fraction of sp³-hybridized carbons (Fsp3) is 0.143. The maximum atomic E-state index is 7.01. The third kappa shape index (κ3) is 5.93. The normalized spacial score (nSPS) is 10.6. The van der Waals surface area contributed by atoms with Gasteiger partial charge in [-0.2, -0.15) is 0 Å². The second kappa shape index (κ2) is 11.5. The molecule has 0 saturated heterocycles. The number of imidazole rings is 1. The van der Waals surface area contributed by atoms with Crippen LogP contribution in [0, 0.1) is 14.0 Å². The van der Waals surface area contributed by atoms with Crippen LogP contribution in [0.3, 0.4) is 0 Å². The van der Waals surface area contributed by atoms with E-state index in [-0.39, 0.29) is 7.43 Å². The molecule has 0 saturated carbocycles. The molecular weight excluding hydrogens is 610 g/mol. The van der Waals surface area contributed by atoms with Crippen molar-refractivity contribution < 1.29 is 14.2 Å². The Hall–Kier alpha value is -1.63. The van der Waals surface area contributed by atoms with Gasteiger partial charge >= 0.3 is 42.4 Å². The quantitative estimate of drug-likeness (QED) is 0.179. The van der Waals surface area contributed by atoms with Gasteiger partial charge in [0, 0.05) is 30.1 Å². The van der Waals surface area contributed by atoms with E-state index in [9.17, 15) is 0 Å². The summed E-state index contributed by atoms with van der Waals surface area (Å²) in [7, 11) is 14.9. The monoisotopic (exact) mass is 627 g/mol. The Balaban J connectivity index is 0.000000552. The molecule has 4 nitrogen and oxygen atoms in total. The SMILES string of the molecule is [C-]#[N+]CCCn1c(-c2cccc3cccnc23)nc2ccccc21.[CH3-].[Cl][Pt]([Cl])[Cl]. The van der Waals surface area contributed by atoms with Crippen LogP contribution in [-0.4, -0.2) is 21.1 Å². The summed E-state index contributed by atoms with van der Waals surface area (Å²) in [6.45, 7) is 8.32. The first-order valence-electron chi connectivity index (χ1n) is 8.37. The van der Waals surface area contributed by atoms with Crippen molar-refractivity contribution in [2.75, 3.05) is 6.54 Å². The Labute approximate surface area is 188 Å². The number of fused-ring (bicyclic) bond motifs is 2. The fourth-order valence-electron chi connectivity index (χ4n) is 3.10. The topological polar surface area (TPSA) is 35.1 Å². The summed E-state index contributed by atoms with van der Waals surface area (Å²) in [6, 6.07) is 18.3. The fourth-order valence-corrected chi connectivity index (χ4v) is 3.10. The first kappa shape index (κ1) is 23.6. The molecule has 0 unspecified atom stereocenters. The molecule has 0 aliphatic carbocycles. The van der Waals surface area contributed by atoms with Crippen LogP contribution in [0.5, 0.6) is 0 Å². The average Bonchev–Trinajstić information content (AvgIpc) is 3.06. The summed E-state index contributed by atoms with van der Waals surface area (Å²) in [5, 5.41) is 1.11. The molecule has 155 valence electrons. The van der Waals surface area contributed by atoms with Gasteiger partial charge in [0.25, 0.3) is 0 Å². The summed E-state index contributed by atoms with van der Waals surface area (Å²) in [4.78, 5) is 12.9. The van der Waals surface area contributed by atoms with Crippen molar-refractivity contribution in [3.8, 4) is 11.4 Å². The second-order valence-electron chi connectivity index (χ2n) is 5.83. The third-order valence-electron chi connectivity index (χ3n) is 4.18. The van der Waals surface area contributed by atoms with E-state index >= 15 is 0 Å². The number of nitrogens with zero attached hydrogens (tertiary/aromatic N) is 4. The summed E-state index contributed by atoms with van der Waals surface area (Å²) in [6.07, 6.45) is 2.63. The third-order valence-corrected chi connectivity index (χ3v) is 4.18. The summed E-state index contributed by atoms with van der Waals surface area (Å²) in [5.74, 6) is 0.922. The van der Waals surface area contributed by atoms with Gasteiger partial charge in [-0.25, -0.2) is 11.6 Å². The van der Waals surface area contributed by atoms with Gasteiger partial charge in [-0.05, 0) is 24.3 Å². The van der Waals surface area contributed by atoms with E-state index in [1.165, 1.54) is 0 Å². The molecule has 0 N–H and O–H groups in total. The molecule has 0 radical (unpaired) electrons. The van der Waals surface area contributed by atoms with E-state index in [1.54, 1.807) is 0 Å².